The van der Waals surface area contributed by atoms with Gasteiger partial charge in [0.2, 0.25) is 5.91 Å². The number of carbonyl (C=O) groups excluding carboxylic acids is 1. The highest BCUT2D eigenvalue weighted by Gasteiger charge is 2.06. The number of amides is 1. The molecule has 0 atom stereocenters. The van der Waals surface area contributed by atoms with Crippen molar-refractivity contribution in [1.29, 1.82) is 5.26 Å². The topological polar surface area (TPSA) is 52.9 Å². The first kappa shape index (κ1) is 14.8. The molecule has 0 aliphatic heterocycles. The Bertz CT molecular complexity index is 657. The molecule has 0 heterocycles. The van der Waals surface area contributed by atoms with E-state index in [2.05, 4.69) is 23.5 Å². The number of nitrogens with zero attached hydrogens (tertiary/aromatic N) is 1. The van der Waals surface area contributed by atoms with Crippen molar-refractivity contribution < 1.29 is 4.79 Å². The Balaban J connectivity index is 1.86. The average molecular weight is 278 g/mol. The Kier molecular flexibility index (Phi) is 5.11. The van der Waals surface area contributed by atoms with Gasteiger partial charge in [-0.25, -0.2) is 0 Å². The maximum absolute atomic E-state index is 12.0. The van der Waals surface area contributed by atoms with Crippen LogP contribution < -0.4 is 5.32 Å². The minimum atomic E-state index is -0.0101. The zero-order valence-corrected chi connectivity index (χ0v) is 12.1. The Morgan fingerprint density at radius 2 is 1.95 bits per heavy atom. The summed E-state index contributed by atoms with van der Waals surface area (Å²) in [4.78, 5) is 12.0. The molecule has 0 spiro atoms. The van der Waals surface area contributed by atoms with Gasteiger partial charge in [-0.3, -0.25) is 4.79 Å². The normalized spacial score (nSPS) is 9.90. The van der Waals surface area contributed by atoms with Gasteiger partial charge in [0, 0.05) is 12.1 Å². The van der Waals surface area contributed by atoms with E-state index in [1.807, 2.05) is 31.2 Å². The summed E-state index contributed by atoms with van der Waals surface area (Å²) in [6.45, 7) is 1.92. The largest absolute Gasteiger partial charge is 0.326 e. The number of hydrogen-bond donors (Lipinski definition) is 1. The molecule has 0 aliphatic rings. The number of nitriles is 1. The molecular formula is C18H18N2O. The van der Waals surface area contributed by atoms with Gasteiger partial charge in [0.1, 0.15) is 0 Å². The molecule has 2 aromatic carbocycles. The Labute approximate surface area is 125 Å². The Morgan fingerprint density at radius 1 is 1.19 bits per heavy atom. The van der Waals surface area contributed by atoms with Crippen LogP contribution in [0.5, 0.6) is 0 Å². The zero-order valence-electron chi connectivity index (χ0n) is 12.1. The summed E-state index contributed by atoms with van der Waals surface area (Å²) in [5.74, 6) is -0.0101. The number of benzene rings is 2. The van der Waals surface area contributed by atoms with Gasteiger partial charge >= 0.3 is 0 Å². The third-order valence-corrected chi connectivity index (χ3v) is 3.35. The lowest BCUT2D eigenvalue weighted by molar-refractivity contribution is -0.116. The van der Waals surface area contributed by atoms with Gasteiger partial charge < -0.3 is 5.32 Å². The molecule has 0 bridgehead atoms. The Morgan fingerprint density at radius 3 is 2.67 bits per heavy atom. The molecule has 3 heteroatoms. The van der Waals surface area contributed by atoms with E-state index in [0.717, 1.165) is 24.1 Å². The molecule has 0 aromatic heterocycles. The number of aryl methyl sites for hydroxylation is 2. The first-order valence-electron chi connectivity index (χ1n) is 7.03. The summed E-state index contributed by atoms with van der Waals surface area (Å²) in [6.07, 6.45) is 2.18. The summed E-state index contributed by atoms with van der Waals surface area (Å²) < 4.78 is 0. The van der Waals surface area contributed by atoms with Crippen LogP contribution in [0, 0.1) is 18.3 Å². The van der Waals surface area contributed by atoms with Gasteiger partial charge in [-0.15, -0.1) is 0 Å². The van der Waals surface area contributed by atoms with Crippen LogP contribution in [0.2, 0.25) is 0 Å². The molecule has 0 saturated carbocycles. The highest BCUT2D eigenvalue weighted by atomic mass is 16.1. The number of rotatable bonds is 5. The lowest BCUT2D eigenvalue weighted by Crippen LogP contribution is -2.12. The molecule has 2 aromatic rings. The fourth-order valence-electron chi connectivity index (χ4n) is 2.14. The van der Waals surface area contributed by atoms with Gasteiger partial charge in [-0.2, -0.15) is 5.26 Å². The second-order valence-corrected chi connectivity index (χ2v) is 5.03. The fraction of sp³-hybridized carbons (Fsp3) is 0.222. The van der Waals surface area contributed by atoms with Crippen molar-refractivity contribution in [3.8, 4) is 6.07 Å². The van der Waals surface area contributed by atoms with Crippen LogP contribution in [0.1, 0.15) is 29.5 Å². The standard InChI is InChI=1S/C18H18N2O/c1-14-10-11-16(13-19)12-17(14)20-18(21)9-5-8-15-6-3-2-4-7-15/h2-4,6-7,10-12H,5,8-9H2,1H3,(H,20,21). The summed E-state index contributed by atoms with van der Waals surface area (Å²) in [6, 6.07) is 17.5. The third-order valence-electron chi connectivity index (χ3n) is 3.35. The molecule has 21 heavy (non-hydrogen) atoms. The SMILES string of the molecule is Cc1ccc(C#N)cc1NC(=O)CCCc1ccccc1. The van der Waals surface area contributed by atoms with Crippen molar-refractivity contribution in [1.82, 2.24) is 0 Å². The molecule has 2 rings (SSSR count). The van der Waals surface area contributed by atoms with Crippen LogP contribution in [0.25, 0.3) is 0 Å². The van der Waals surface area contributed by atoms with Crippen molar-refractivity contribution in [3.63, 3.8) is 0 Å². The molecule has 0 aliphatic carbocycles. The molecule has 0 radical (unpaired) electrons. The van der Waals surface area contributed by atoms with Crippen molar-refractivity contribution in [3.05, 3.63) is 65.2 Å². The first-order valence-corrected chi connectivity index (χ1v) is 7.03. The van der Waals surface area contributed by atoms with Gasteiger partial charge in [0.25, 0.3) is 0 Å². The smallest absolute Gasteiger partial charge is 0.224 e. The Hall–Kier alpha value is -2.60. The van der Waals surface area contributed by atoms with Crippen molar-refractivity contribution in [2.45, 2.75) is 26.2 Å². The van der Waals surface area contributed by atoms with E-state index in [4.69, 9.17) is 5.26 Å². The molecule has 1 amide bonds. The van der Waals surface area contributed by atoms with E-state index in [9.17, 15) is 4.79 Å². The average Bonchev–Trinajstić information content (AvgIpc) is 2.50. The van der Waals surface area contributed by atoms with Crippen LogP contribution in [-0.4, -0.2) is 5.91 Å². The lowest BCUT2D eigenvalue weighted by Gasteiger charge is -2.08. The highest BCUT2D eigenvalue weighted by molar-refractivity contribution is 5.91. The first-order chi connectivity index (χ1) is 10.2. The van der Waals surface area contributed by atoms with Crippen molar-refractivity contribution in [2.24, 2.45) is 0 Å². The highest BCUT2D eigenvalue weighted by Crippen LogP contribution is 2.17. The minimum absolute atomic E-state index is 0.0101. The van der Waals surface area contributed by atoms with E-state index in [1.54, 1.807) is 12.1 Å². The molecule has 0 fully saturated rings. The van der Waals surface area contributed by atoms with E-state index < -0.39 is 0 Å². The maximum atomic E-state index is 12.0. The van der Waals surface area contributed by atoms with E-state index in [-0.39, 0.29) is 5.91 Å². The summed E-state index contributed by atoms with van der Waals surface area (Å²) in [7, 11) is 0. The van der Waals surface area contributed by atoms with E-state index in [0.29, 0.717) is 12.0 Å². The lowest BCUT2D eigenvalue weighted by atomic mass is 10.1. The summed E-state index contributed by atoms with van der Waals surface area (Å²) in [5.41, 5.74) is 3.48. The quantitative estimate of drug-likeness (QED) is 0.903. The minimum Gasteiger partial charge on any atom is -0.326 e. The molecule has 106 valence electrons. The van der Waals surface area contributed by atoms with Crippen LogP contribution >= 0.6 is 0 Å². The van der Waals surface area contributed by atoms with Gasteiger partial charge in [-0.1, -0.05) is 36.4 Å². The zero-order chi connectivity index (χ0) is 15.1. The number of hydrogen-bond acceptors (Lipinski definition) is 2. The van der Waals surface area contributed by atoms with E-state index in [1.165, 1.54) is 5.56 Å². The van der Waals surface area contributed by atoms with Gasteiger partial charge in [-0.05, 0) is 43.0 Å². The summed E-state index contributed by atoms with van der Waals surface area (Å²) >= 11 is 0. The third kappa shape index (κ3) is 4.47. The molecular weight excluding hydrogens is 260 g/mol. The van der Waals surface area contributed by atoms with Crippen LogP contribution in [-0.2, 0) is 11.2 Å². The molecule has 0 saturated heterocycles. The molecule has 1 N–H and O–H groups in total. The van der Waals surface area contributed by atoms with Crippen LogP contribution in [0.4, 0.5) is 5.69 Å². The van der Waals surface area contributed by atoms with Crippen molar-refractivity contribution >= 4 is 11.6 Å². The van der Waals surface area contributed by atoms with Gasteiger partial charge in [0.15, 0.2) is 0 Å². The molecule has 3 nitrogen and oxygen atoms in total. The molecule has 0 unspecified atom stereocenters. The fourth-order valence-corrected chi connectivity index (χ4v) is 2.14. The second-order valence-electron chi connectivity index (χ2n) is 5.03. The monoisotopic (exact) mass is 278 g/mol. The number of anilines is 1. The van der Waals surface area contributed by atoms with Crippen molar-refractivity contribution in [2.75, 3.05) is 5.32 Å². The van der Waals surface area contributed by atoms with Crippen LogP contribution in [0.15, 0.2) is 48.5 Å². The number of carbonyl (C=O) groups is 1. The van der Waals surface area contributed by atoms with E-state index >= 15 is 0 Å². The van der Waals surface area contributed by atoms with Gasteiger partial charge in [0.05, 0.1) is 11.6 Å². The predicted octanol–water partition coefficient (Wildman–Crippen LogP) is 3.83. The number of nitrogens with one attached hydrogen (secondary N) is 1. The predicted molar refractivity (Wildman–Crippen MR) is 83.9 cm³/mol. The maximum Gasteiger partial charge on any atom is 0.224 e. The summed E-state index contributed by atoms with van der Waals surface area (Å²) in [5, 5.41) is 11.8. The van der Waals surface area contributed by atoms with Crippen LogP contribution in [0.3, 0.4) is 0 Å². The second kappa shape index (κ2) is 7.25.